The summed E-state index contributed by atoms with van der Waals surface area (Å²) in [6.07, 6.45) is -0.143. The van der Waals surface area contributed by atoms with Gasteiger partial charge >= 0.3 is 0 Å². The Labute approximate surface area is 171 Å². The van der Waals surface area contributed by atoms with Crippen molar-refractivity contribution in [3.05, 3.63) is 108 Å². The summed E-state index contributed by atoms with van der Waals surface area (Å²) in [4.78, 5) is 5.17. The Balaban J connectivity index is 1.93. The maximum atomic E-state index is 6.77. The molecule has 0 bridgehead atoms. The van der Waals surface area contributed by atoms with Gasteiger partial charge in [-0.25, -0.2) is 4.99 Å². The Morgan fingerprint density at radius 3 is 1.96 bits per heavy atom. The zero-order chi connectivity index (χ0) is 19.6. The van der Waals surface area contributed by atoms with Crippen LogP contribution in [0.15, 0.2) is 96.0 Å². The van der Waals surface area contributed by atoms with Crippen LogP contribution in [-0.2, 0) is 10.5 Å². The summed E-state index contributed by atoms with van der Waals surface area (Å²) in [5, 5.41) is -0.340. The molecule has 3 aromatic rings. The Hall–Kier alpha value is -2.42. The Morgan fingerprint density at radius 2 is 1.39 bits per heavy atom. The van der Waals surface area contributed by atoms with E-state index >= 15 is 0 Å². The van der Waals surface area contributed by atoms with Gasteiger partial charge in [0.25, 0.3) is 0 Å². The molecule has 1 heterocycles. The van der Waals surface area contributed by atoms with Crippen molar-refractivity contribution in [1.82, 2.24) is 0 Å². The number of rotatable bonds is 4. The molecule has 3 aromatic carbocycles. The number of alkyl halides is 1. The largest absolute Gasteiger partial charge is 0.339 e. The molecule has 0 radical (unpaired) electrons. The molecule has 4 atom stereocenters. The minimum Gasteiger partial charge on any atom is -0.339 e. The van der Waals surface area contributed by atoms with E-state index in [9.17, 15) is 0 Å². The Kier molecular flexibility index (Phi) is 5.34. The summed E-state index contributed by atoms with van der Waals surface area (Å²) >= 11 is 6.77. The number of halogens is 1. The smallest absolute Gasteiger partial charge is 0.201 e. The molecule has 0 fully saturated rings. The van der Waals surface area contributed by atoms with E-state index in [2.05, 4.69) is 31.2 Å². The van der Waals surface area contributed by atoms with Crippen LogP contribution in [0, 0.1) is 5.92 Å². The fourth-order valence-electron chi connectivity index (χ4n) is 3.90. The molecule has 28 heavy (non-hydrogen) atoms. The van der Waals surface area contributed by atoms with E-state index in [0.29, 0.717) is 0 Å². The van der Waals surface area contributed by atoms with Gasteiger partial charge < -0.3 is 4.74 Å². The monoisotopic (exact) mass is 389 g/mol. The molecule has 0 N–H and O–H groups in total. The number of hydrogen-bond acceptors (Lipinski definition) is 2. The topological polar surface area (TPSA) is 21.6 Å². The van der Waals surface area contributed by atoms with Gasteiger partial charge in [-0.05, 0) is 18.1 Å². The summed E-state index contributed by atoms with van der Waals surface area (Å²) in [7, 11) is 0. The molecular weight excluding hydrogens is 366 g/mol. The molecule has 1 aliphatic heterocycles. The molecule has 4 rings (SSSR count). The maximum absolute atomic E-state index is 6.77. The summed E-state index contributed by atoms with van der Waals surface area (Å²) in [5.41, 5.74) is 3.30. The van der Waals surface area contributed by atoms with Gasteiger partial charge in [-0.2, -0.15) is 0 Å². The number of aliphatic imine (C=N–C) groups is 1. The molecule has 142 valence electrons. The second-order valence-corrected chi connectivity index (χ2v) is 7.93. The molecule has 0 amide bonds. The van der Waals surface area contributed by atoms with E-state index in [-0.39, 0.29) is 17.4 Å². The lowest BCUT2D eigenvalue weighted by Gasteiger charge is -2.44. The van der Waals surface area contributed by atoms with Gasteiger partial charge in [0.15, 0.2) is 0 Å². The van der Waals surface area contributed by atoms with Gasteiger partial charge in [0.1, 0.15) is 0 Å². The third-order valence-corrected chi connectivity index (χ3v) is 5.70. The van der Waals surface area contributed by atoms with Crippen LogP contribution >= 0.6 is 11.6 Å². The highest BCUT2D eigenvalue weighted by Crippen LogP contribution is 2.46. The Morgan fingerprint density at radius 1 is 0.857 bits per heavy atom. The standard InChI is InChI=1S/C25H24ClNO/c1-18-23(20-12-6-3-7-13-20)27-25(19(2)26,22-16-10-5-11-17-22)28-24(18)21-14-8-4-9-15-21/h3-19,24H,1-2H3/t18-,19?,24+,25-/m1/s1. The summed E-state index contributed by atoms with van der Waals surface area (Å²) < 4.78 is 6.75. The van der Waals surface area contributed by atoms with Crippen LogP contribution in [0.25, 0.3) is 0 Å². The molecule has 0 aliphatic carbocycles. The van der Waals surface area contributed by atoms with E-state index in [1.165, 1.54) is 0 Å². The van der Waals surface area contributed by atoms with Crippen LogP contribution in [0.3, 0.4) is 0 Å². The van der Waals surface area contributed by atoms with Crippen LogP contribution in [0.4, 0.5) is 0 Å². The van der Waals surface area contributed by atoms with Gasteiger partial charge in [-0.15, -0.1) is 11.6 Å². The van der Waals surface area contributed by atoms with Crippen LogP contribution in [0.5, 0.6) is 0 Å². The minimum absolute atomic E-state index is 0.0945. The van der Waals surface area contributed by atoms with Crippen molar-refractivity contribution >= 4 is 17.3 Å². The highest BCUT2D eigenvalue weighted by atomic mass is 35.5. The second kappa shape index (κ2) is 7.90. The minimum atomic E-state index is -0.943. The van der Waals surface area contributed by atoms with E-state index < -0.39 is 5.72 Å². The predicted octanol–water partition coefficient (Wildman–Crippen LogP) is 6.36. The maximum Gasteiger partial charge on any atom is 0.201 e. The third kappa shape index (κ3) is 3.39. The molecule has 1 aliphatic rings. The van der Waals surface area contributed by atoms with Crippen LogP contribution in [0.2, 0.25) is 0 Å². The highest BCUT2D eigenvalue weighted by molar-refractivity contribution is 6.21. The number of benzene rings is 3. The second-order valence-electron chi connectivity index (χ2n) is 7.28. The summed E-state index contributed by atoms with van der Waals surface area (Å²) in [6.45, 7) is 4.13. The average Bonchev–Trinajstić information content (AvgIpc) is 2.76. The zero-order valence-corrected chi connectivity index (χ0v) is 16.9. The van der Waals surface area contributed by atoms with Gasteiger partial charge in [0, 0.05) is 11.5 Å². The van der Waals surface area contributed by atoms with Gasteiger partial charge in [0.2, 0.25) is 5.72 Å². The van der Waals surface area contributed by atoms with Gasteiger partial charge in [0.05, 0.1) is 17.2 Å². The zero-order valence-electron chi connectivity index (χ0n) is 16.1. The number of nitrogens with zero attached hydrogens (tertiary/aromatic N) is 1. The van der Waals surface area contributed by atoms with Gasteiger partial charge in [-0.1, -0.05) is 97.9 Å². The highest BCUT2D eigenvalue weighted by Gasteiger charge is 2.47. The molecule has 0 aromatic heterocycles. The van der Waals surface area contributed by atoms with Crippen molar-refractivity contribution in [2.45, 2.75) is 31.1 Å². The quantitative estimate of drug-likeness (QED) is 0.475. The van der Waals surface area contributed by atoms with Crippen molar-refractivity contribution < 1.29 is 4.74 Å². The molecule has 0 saturated carbocycles. The lowest BCUT2D eigenvalue weighted by molar-refractivity contribution is -0.118. The first-order valence-electron chi connectivity index (χ1n) is 9.69. The van der Waals surface area contributed by atoms with Crippen molar-refractivity contribution in [3.63, 3.8) is 0 Å². The summed E-state index contributed by atoms with van der Waals surface area (Å²) in [5.74, 6) is 0.0945. The predicted molar refractivity (Wildman–Crippen MR) is 116 cm³/mol. The van der Waals surface area contributed by atoms with E-state index in [1.54, 1.807) is 0 Å². The van der Waals surface area contributed by atoms with Crippen molar-refractivity contribution in [3.8, 4) is 0 Å². The van der Waals surface area contributed by atoms with Crippen molar-refractivity contribution in [2.24, 2.45) is 10.9 Å². The van der Waals surface area contributed by atoms with E-state index in [1.807, 2.05) is 73.7 Å². The summed E-state index contributed by atoms with van der Waals surface area (Å²) in [6, 6.07) is 30.8. The van der Waals surface area contributed by atoms with Crippen molar-refractivity contribution in [1.29, 1.82) is 0 Å². The van der Waals surface area contributed by atoms with E-state index in [0.717, 1.165) is 22.4 Å². The number of ether oxygens (including phenoxy) is 1. The molecule has 0 saturated heterocycles. The van der Waals surface area contributed by atoms with Crippen LogP contribution < -0.4 is 0 Å². The van der Waals surface area contributed by atoms with Crippen LogP contribution in [-0.4, -0.2) is 11.1 Å². The normalized spacial score (nSPS) is 25.8. The fraction of sp³-hybridized carbons (Fsp3) is 0.240. The third-order valence-electron chi connectivity index (χ3n) is 5.40. The first-order chi connectivity index (χ1) is 13.6. The lowest BCUT2D eigenvalue weighted by atomic mass is 9.85. The fourth-order valence-corrected chi connectivity index (χ4v) is 4.13. The molecule has 2 nitrogen and oxygen atoms in total. The van der Waals surface area contributed by atoms with Crippen molar-refractivity contribution in [2.75, 3.05) is 0 Å². The van der Waals surface area contributed by atoms with Gasteiger partial charge in [-0.3, -0.25) is 0 Å². The Bertz CT molecular complexity index is 940. The SMILES string of the molecule is CC(Cl)[C@@]1(c2ccccc2)N=C(c2ccccc2)[C@@H](C)[C@@H](c2ccccc2)O1. The average molecular weight is 390 g/mol. The first-order valence-corrected chi connectivity index (χ1v) is 10.1. The molecule has 3 heteroatoms. The number of hydrogen-bond donors (Lipinski definition) is 0. The molecule has 1 unspecified atom stereocenters. The first kappa shape index (κ1) is 18.9. The lowest BCUT2D eigenvalue weighted by Crippen LogP contribution is -2.45. The van der Waals surface area contributed by atoms with E-state index in [4.69, 9.17) is 21.3 Å². The van der Waals surface area contributed by atoms with Crippen LogP contribution in [0.1, 0.15) is 36.6 Å². The molecule has 0 spiro atoms. The molecular formula is C25H24ClNO.